The summed E-state index contributed by atoms with van der Waals surface area (Å²) in [6.07, 6.45) is 2.46. The molecule has 1 fully saturated rings. The van der Waals surface area contributed by atoms with Crippen LogP contribution in [0.4, 0.5) is 0 Å². The molecule has 0 aliphatic carbocycles. The maximum atomic E-state index is 12.1. The van der Waals surface area contributed by atoms with Gasteiger partial charge in [0.1, 0.15) is 0 Å². The van der Waals surface area contributed by atoms with Crippen LogP contribution in [0.2, 0.25) is 0 Å². The first kappa shape index (κ1) is 11.6. The van der Waals surface area contributed by atoms with E-state index in [1.807, 2.05) is 36.0 Å². The Balaban J connectivity index is 1.71. The van der Waals surface area contributed by atoms with E-state index in [1.165, 1.54) is 18.6 Å². The molecule has 1 aliphatic heterocycles. The molecule has 1 aromatic carbocycles. The average molecular weight is 261 g/mol. The highest BCUT2D eigenvalue weighted by Gasteiger charge is 2.18. The Morgan fingerprint density at radius 3 is 3.22 bits per heavy atom. The second-order valence-electron chi connectivity index (χ2n) is 4.46. The minimum atomic E-state index is -0.0834. The zero-order chi connectivity index (χ0) is 12.4. The van der Waals surface area contributed by atoms with Gasteiger partial charge < -0.3 is 5.32 Å². The lowest BCUT2D eigenvalue weighted by Gasteiger charge is -2.08. The fraction of sp³-hybridized carbons (Fsp3) is 0.385. The highest BCUT2D eigenvalue weighted by atomic mass is 32.2. The van der Waals surface area contributed by atoms with E-state index in [0.29, 0.717) is 10.9 Å². The summed E-state index contributed by atoms with van der Waals surface area (Å²) < 4.78 is 0. The van der Waals surface area contributed by atoms with Gasteiger partial charge in [0, 0.05) is 17.2 Å². The van der Waals surface area contributed by atoms with Gasteiger partial charge in [-0.3, -0.25) is 9.89 Å². The summed E-state index contributed by atoms with van der Waals surface area (Å²) >= 11 is 1.94. The van der Waals surface area contributed by atoms with Crippen molar-refractivity contribution in [3.05, 3.63) is 30.0 Å². The predicted octanol–water partition coefficient (Wildman–Crippen LogP) is 2.19. The topological polar surface area (TPSA) is 57.8 Å². The van der Waals surface area contributed by atoms with Crippen molar-refractivity contribution < 1.29 is 4.79 Å². The number of aromatic nitrogens is 2. The Bertz CT molecular complexity index is 560. The van der Waals surface area contributed by atoms with Crippen LogP contribution in [-0.4, -0.2) is 33.7 Å². The van der Waals surface area contributed by atoms with Gasteiger partial charge in [-0.05, 0) is 24.7 Å². The summed E-state index contributed by atoms with van der Waals surface area (Å²) in [5, 5.41) is 11.4. The number of benzene rings is 1. The van der Waals surface area contributed by atoms with Crippen LogP contribution in [0, 0.1) is 0 Å². The largest absolute Gasteiger partial charge is 0.350 e. The van der Waals surface area contributed by atoms with Crippen LogP contribution in [-0.2, 0) is 0 Å². The molecule has 5 heteroatoms. The van der Waals surface area contributed by atoms with Crippen molar-refractivity contribution in [2.45, 2.75) is 18.1 Å². The van der Waals surface area contributed by atoms with E-state index in [2.05, 4.69) is 15.5 Å². The second-order valence-corrected chi connectivity index (χ2v) is 5.87. The minimum absolute atomic E-state index is 0.0834. The van der Waals surface area contributed by atoms with Crippen LogP contribution in [0.3, 0.4) is 0 Å². The number of carbonyl (C=O) groups excluding carboxylic acids is 1. The van der Waals surface area contributed by atoms with Gasteiger partial charge in [0.15, 0.2) is 5.69 Å². The number of amides is 1. The van der Waals surface area contributed by atoms with Crippen molar-refractivity contribution in [3.8, 4) is 0 Å². The number of hydrogen-bond acceptors (Lipinski definition) is 3. The summed E-state index contributed by atoms with van der Waals surface area (Å²) in [4.78, 5) is 12.1. The van der Waals surface area contributed by atoms with E-state index in [0.717, 1.165) is 17.4 Å². The molecule has 1 amide bonds. The van der Waals surface area contributed by atoms with Crippen LogP contribution in [0.5, 0.6) is 0 Å². The molecule has 4 nitrogen and oxygen atoms in total. The third kappa shape index (κ3) is 2.22. The first-order valence-corrected chi connectivity index (χ1v) is 7.22. The molecule has 0 radical (unpaired) electrons. The molecule has 0 bridgehead atoms. The predicted molar refractivity (Wildman–Crippen MR) is 73.9 cm³/mol. The Hall–Kier alpha value is -1.49. The fourth-order valence-corrected chi connectivity index (χ4v) is 3.43. The number of para-hydroxylation sites is 1. The van der Waals surface area contributed by atoms with Gasteiger partial charge in [0.25, 0.3) is 5.91 Å². The average Bonchev–Trinajstić information content (AvgIpc) is 3.05. The molecule has 1 aromatic heterocycles. The van der Waals surface area contributed by atoms with Crippen molar-refractivity contribution >= 4 is 28.6 Å². The standard InChI is InChI=1S/C13H15N3OS/c17-13(14-8-9-4-3-7-18-9)12-10-5-1-2-6-11(10)15-16-12/h1-2,5-6,9H,3-4,7-8H2,(H,14,17)(H,15,16). The van der Waals surface area contributed by atoms with Gasteiger partial charge in [0.05, 0.1) is 5.52 Å². The van der Waals surface area contributed by atoms with E-state index in [-0.39, 0.29) is 5.91 Å². The number of rotatable bonds is 3. The number of nitrogens with one attached hydrogen (secondary N) is 2. The van der Waals surface area contributed by atoms with Gasteiger partial charge >= 0.3 is 0 Å². The number of carbonyl (C=O) groups is 1. The molecular weight excluding hydrogens is 246 g/mol. The molecule has 1 saturated heterocycles. The molecule has 1 unspecified atom stereocenters. The highest BCUT2D eigenvalue weighted by Crippen LogP contribution is 2.25. The molecule has 0 spiro atoms. The monoisotopic (exact) mass is 261 g/mol. The minimum Gasteiger partial charge on any atom is -0.350 e. The summed E-state index contributed by atoms with van der Waals surface area (Å²) in [5.41, 5.74) is 1.39. The third-order valence-electron chi connectivity index (χ3n) is 3.20. The summed E-state index contributed by atoms with van der Waals surface area (Å²) in [6.45, 7) is 0.741. The lowest BCUT2D eigenvalue weighted by atomic mass is 10.2. The summed E-state index contributed by atoms with van der Waals surface area (Å²) in [6, 6.07) is 7.68. The highest BCUT2D eigenvalue weighted by molar-refractivity contribution is 8.00. The molecule has 2 aromatic rings. The van der Waals surface area contributed by atoms with Gasteiger partial charge in [-0.25, -0.2) is 0 Å². The number of nitrogens with zero attached hydrogens (tertiary/aromatic N) is 1. The fourth-order valence-electron chi connectivity index (χ4n) is 2.23. The van der Waals surface area contributed by atoms with E-state index in [1.54, 1.807) is 0 Å². The van der Waals surface area contributed by atoms with Crippen LogP contribution in [0.25, 0.3) is 10.9 Å². The number of aromatic amines is 1. The van der Waals surface area contributed by atoms with Gasteiger partial charge in [-0.1, -0.05) is 18.2 Å². The molecule has 1 atom stereocenters. The van der Waals surface area contributed by atoms with Crippen LogP contribution in [0.1, 0.15) is 23.3 Å². The van der Waals surface area contributed by atoms with Gasteiger partial charge in [-0.2, -0.15) is 16.9 Å². The van der Waals surface area contributed by atoms with Crippen molar-refractivity contribution in [3.63, 3.8) is 0 Å². The van der Waals surface area contributed by atoms with Gasteiger partial charge in [0.2, 0.25) is 0 Å². The van der Waals surface area contributed by atoms with Crippen LogP contribution >= 0.6 is 11.8 Å². The normalized spacial score (nSPS) is 19.2. The number of hydrogen-bond donors (Lipinski definition) is 2. The quantitative estimate of drug-likeness (QED) is 0.890. The Kier molecular flexibility index (Phi) is 3.23. The lowest BCUT2D eigenvalue weighted by Crippen LogP contribution is -2.30. The first-order chi connectivity index (χ1) is 8.84. The Morgan fingerprint density at radius 2 is 2.39 bits per heavy atom. The first-order valence-electron chi connectivity index (χ1n) is 6.17. The lowest BCUT2D eigenvalue weighted by molar-refractivity contribution is 0.0950. The van der Waals surface area contributed by atoms with E-state index < -0.39 is 0 Å². The molecule has 3 rings (SSSR count). The van der Waals surface area contributed by atoms with E-state index in [9.17, 15) is 4.79 Å². The van der Waals surface area contributed by atoms with Crippen LogP contribution < -0.4 is 5.32 Å². The molecule has 2 N–H and O–H groups in total. The van der Waals surface area contributed by atoms with Crippen LogP contribution in [0.15, 0.2) is 24.3 Å². The number of fused-ring (bicyclic) bond motifs is 1. The smallest absolute Gasteiger partial charge is 0.272 e. The van der Waals surface area contributed by atoms with Crippen molar-refractivity contribution in [1.29, 1.82) is 0 Å². The molecule has 1 aliphatic rings. The molecular formula is C13H15N3OS. The number of H-pyrrole nitrogens is 1. The molecule has 2 heterocycles. The van der Waals surface area contributed by atoms with E-state index in [4.69, 9.17) is 0 Å². The van der Waals surface area contributed by atoms with Crippen molar-refractivity contribution in [1.82, 2.24) is 15.5 Å². The van der Waals surface area contributed by atoms with Crippen molar-refractivity contribution in [2.24, 2.45) is 0 Å². The van der Waals surface area contributed by atoms with Crippen molar-refractivity contribution in [2.75, 3.05) is 12.3 Å². The SMILES string of the molecule is O=C(NCC1CCCS1)c1n[nH]c2ccccc12. The molecule has 0 saturated carbocycles. The third-order valence-corrected chi connectivity index (χ3v) is 4.60. The van der Waals surface area contributed by atoms with E-state index >= 15 is 0 Å². The maximum absolute atomic E-state index is 12.1. The Morgan fingerprint density at radius 1 is 1.50 bits per heavy atom. The second kappa shape index (κ2) is 5.02. The zero-order valence-corrected chi connectivity index (χ0v) is 10.8. The van der Waals surface area contributed by atoms with Gasteiger partial charge in [-0.15, -0.1) is 0 Å². The Labute approximate surface area is 110 Å². The maximum Gasteiger partial charge on any atom is 0.272 e. The molecule has 18 heavy (non-hydrogen) atoms. The zero-order valence-electron chi connectivity index (χ0n) is 9.98. The number of thioether (sulfide) groups is 1. The molecule has 94 valence electrons. The summed E-state index contributed by atoms with van der Waals surface area (Å²) in [7, 11) is 0. The summed E-state index contributed by atoms with van der Waals surface area (Å²) in [5.74, 6) is 1.13.